The minimum Gasteiger partial charge on any atom is -0.323 e. The Balaban J connectivity index is 1.78. The number of halogens is 2. The number of rotatable bonds is 6. The van der Waals surface area contributed by atoms with Crippen molar-refractivity contribution in [3.63, 3.8) is 0 Å². The molecule has 0 aromatic heterocycles. The molecule has 3 rings (SSSR count). The van der Waals surface area contributed by atoms with Crippen molar-refractivity contribution in [2.75, 3.05) is 5.32 Å². The fraction of sp³-hybridized carbons (Fsp3) is 0.136. The molecule has 0 spiro atoms. The van der Waals surface area contributed by atoms with Crippen LogP contribution in [-0.4, -0.2) is 11.9 Å². The van der Waals surface area contributed by atoms with Crippen LogP contribution >= 0.6 is 11.6 Å². The first-order chi connectivity index (χ1) is 13.0. The molecular formula is C22H20ClFN2O. The van der Waals surface area contributed by atoms with E-state index in [1.807, 2.05) is 60.7 Å². The highest BCUT2D eigenvalue weighted by molar-refractivity contribution is 6.33. The van der Waals surface area contributed by atoms with Crippen LogP contribution in [0.4, 0.5) is 10.1 Å². The van der Waals surface area contributed by atoms with Crippen molar-refractivity contribution in [1.29, 1.82) is 0 Å². The number of benzene rings is 3. The molecule has 138 valence electrons. The van der Waals surface area contributed by atoms with Crippen molar-refractivity contribution in [2.45, 2.75) is 19.0 Å². The fourth-order valence-electron chi connectivity index (χ4n) is 2.83. The van der Waals surface area contributed by atoms with Gasteiger partial charge in [-0.05, 0) is 36.2 Å². The van der Waals surface area contributed by atoms with Crippen LogP contribution in [0.1, 0.15) is 24.1 Å². The number of carbonyl (C=O) groups excluding carboxylic acids is 1. The summed E-state index contributed by atoms with van der Waals surface area (Å²) in [7, 11) is 0. The molecular weight excluding hydrogens is 363 g/mol. The van der Waals surface area contributed by atoms with E-state index in [9.17, 15) is 9.18 Å². The summed E-state index contributed by atoms with van der Waals surface area (Å²) in [6.07, 6.45) is 0. The van der Waals surface area contributed by atoms with Crippen LogP contribution in [0.15, 0.2) is 78.9 Å². The van der Waals surface area contributed by atoms with Crippen molar-refractivity contribution in [3.8, 4) is 0 Å². The largest absolute Gasteiger partial charge is 0.323 e. The molecule has 1 amide bonds. The van der Waals surface area contributed by atoms with Gasteiger partial charge in [0.25, 0.3) is 0 Å². The van der Waals surface area contributed by atoms with E-state index in [2.05, 4.69) is 10.6 Å². The average Bonchev–Trinajstić information content (AvgIpc) is 2.69. The molecule has 0 fully saturated rings. The van der Waals surface area contributed by atoms with E-state index in [1.165, 1.54) is 18.2 Å². The van der Waals surface area contributed by atoms with Gasteiger partial charge in [-0.1, -0.05) is 72.3 Å². The van der Waals surface area contributed by atoms with Crippen LogP contribution in [0.2, 0.25) is 5.02 Å². The summed E-state index contributed by atoms with van der Waals surface area (Å²) >= 11 is 6.00. The quantitative estimate of drug-likeness (QED) is 0.616. The molecule has 0 aliphatic heterocycles. The maximum Gasteiger partial charge on any atom is 0.241 e. The van der Waals surface area contributed by atoms with Gasteiger partial charge in [-0.25, -0.2) is 4.39 Å². The average molecular weight is 383 g/mol. The summed E-state index contributed by atoms with van der Waals surface area (Å²) in [5.74, 6) is -0.697. The SMILES string of the molecule is CC(NC(c1ccccc1)c1ccccc1)C(=O)Nc1ccc(F)cc1Cl. The van der Waals surface area contributed by atoms with E-state index in [0.717, 1.165) is 11.1 Å². The third-order valence-electron chi connectivity index (χ3n) is 4.26. The third kappa shape index (κ3) is 4.94. The lowest BCUT2D eigenvalue weighted by molar-refractivity contribution is -0.117. The molecule has 27 heavy (non-hydrogen) atoms. The first-order valence-electron chi connectivity index (χ1n) is 8.66. The molecule has 0 heterocycles. The van der Waals surface area contributed by atoms with Crippen LogP contribution < -0.4 is 10.6 Å². The molecule has 3 aromatic rings. The Morgan fingerprint density at radius 3 is 2.00 bits per heavy atom. The minimum absolute atomic E-state index is 0.142. The van der Waals surface area contributed by atoms with Crippen molar-refractivity contribution >= 4 is 23.2 Å². The van der Waals surface area contributed by atoms with Gasteiger partial charge in [0.15, 0.2) is 0 Å². The van der Waals surface area contributed by atoms with Crippen molar-refractivity contribution in [1.82, 2.24) is 5.32 Å². The van der Waals surface area contributed by atoms with E-state index in [-0.39, 0.29) is 17.0 Å². The van der Waals surface area contributed by atoms with Gasteiger partial charge in [0.1, 0.15) is 5.82 Å². The lowest BCUT2D eigenvalue weighted by atomic mass is 9.98. The fourth-order valence-corrected chi connectivity index (χ4v) is 3.05. The molecule has 0 saturated heterocycles. The van der Waals surface area contributed by atoms with Gasteiger partial charge in [0.2, 0.25) is 5.91 Å². The van der Waals surface area contributed by atoms with E-state index in [1.54, 1.807) is 6.92 Å². The Morgan fingerprint density at radius 2 is 1.48 bits per heavy atom. The predicted molar refractivity (Wildman–Crippen MR) is 107 cm³/mol. The monoisotopic (exact) mass is 382 g/mol. The van der Waals surface area contributed by atoms with Crippen LogP contribution in [0.25, 0.3) is 0 Å². The van der Waals surface area contributed by atoms with Crippen LogP contribution in [0.5, 0.6) is 0 Å². The van der Waals surface area contributed by atoms with Gasteiger partial charge in [-0.2, -0.15) is 0 Å². The van der Waals surface area contributed by atoms with Gasteiger partial charge < -0.3 is 5.32 Å². The smallest absolute Gasteiger partial charge is 0.241 e. The zero-order valence-corrected chi connectivity index (χ0v) is 15.6. The first-order valence-corrected chi connectivity index (χ1v) is 9.04. The lowest BCUT2D eigenvalue weighted by Crippen LogP contribution is -2.40. The Morgan fingerprint density at radius 1 is 0.926 bits per heavy atom. The Bertz CT molecular complexity index is 863. The maximum atomic E-state index is 13.2. The summed E-state index contributed by atoms with van der Waals surface area (Å²) in [6.45, 7) is 1.78. The molecule has 0 radical (unpaired) electrons. The minimum atomic E-state index is -0.503. The second-order valence-corrected chi connectivity index (χ2v) is 6.66. The summed E-state index contributed by atoms with van der Waals surface area (Å²) in [5.41, 5.74) is 2.50. The Hall–Kier alpha value is -2.69. The molecule has 3 aromatic carbocycles. The van der Waals surface area contributed by atoms with E-state index >= 15 is 0 Å². The summed E-state index contributed by atoms with van der Waals surface area (Å²) < 4.78 is 13.2. The predicted octanol–water partition coefficient (Wildman–Crippen LogP) is 5.19. The number of carbonyl (C=O) groups is 1. The van der Waals surface area contributed by atoms with Gasteiger partial charge in [-0.15, -0.1) is 0 Å². The van der Waals surface area contributed by atoms with Gasteiger partial charge in [-0.3, -0.25) is 10.1 Å². The molecule has 5 heteroatoms. The summed E-state index contributed by atoms with van der Waals surface area (Å²) in [4.78, 5) is 12.6. The highest BCUT2D eigenvalue weighted by Crippen LogP contribution is 2.24. The van der Waals surface area contributed by atoms with E-state index in [4.69, 9.17) is 11.6 Å². The van der Waals surface area contributed by atoms with Gasteiger partial charge in [0.05, 0.1) is 22.8 Å². The molecule has 1 unspecified atom stereocenters. The van der Waals surface area contributed by atoms with Crippen LogP contribution in [-0.2, 0) is 4.79 Å². The topological polar surface area (TPSA) is 41.1 Å². The molecule has 2 N–H and O–H groups in total. The second kappa shape index (κ2) is 8.80. The maximum absolute atomic E-state index is 13.2. The second-order valence-electron chi connectivity index (χ2n) is 6.26. The highest BCUT2D eigenvalue weighted by Gasteiger charge is 2.21. The standard InChI is InChI=1S/C22H20ClFN2O/c1-15(22(27)26-20-13-12-18(24)14-19(20)23)25-21(16-8-4-2-5-9-16)17-10-6-3-7-11-17/h2-15,21,25H,1H3,(H,26,27). The number of hydrogen-bond acceptors (Lipinski definition) is 2. The zero-order chi connectivity index (χ0) is 19.2. The van der Waals surface area contributed by atoms with Gasteiger partial charge >= 0.3 is 0 Å². The van der Waals surface area contributed by atoms with Crippen molar-refractivity contribution < 1.29 is 9.18 Å². The van der Waals surface area contributed by atoms with E-state index < -0.39 is 11.9 Å². The van der Waals surface area contributed by atoms with Crippen LogP contribution in [0.3, 0.4) is 0 Å². The summed E-state index contributed by atoms with van der Waals surface area (Å²) in [5, 5.41) is 6.28. The Labute approximate surface area is 163 Å². The van der Waals surface area contributed by atoms with Gasteiger partial charge in [0, 0.05) is 0 Å². The number of nitrogens with one attached hydrogen (secondary N) is 2. The highest BCUT2D eigenvalue weighted by atomic mass is 35.5. The number of amides is 1. The first kappa shape index (κ1) is 19.1. The third-order valence-corrected chi connectivity index (χ3v) is 4.58. The van der Waals surface area contributed by atoms with Crippen molar-refractivity contribution in [3.05, 3.63) is 101 Å². The number of hydrogen-bond donors (Lipinski definition) is 2. The zero-order valence-electron chi connectivity index (χ0n) is 14.8. The normalized spacial score (nSPS) is 12.0. The Kier molecular flexibility index (Phi) is 6.22. The van der Waals surface area contributed by atoms with E-state index in [0.29, 0.717) is 5.69 Å². The molecule has 0 aliphatic rings. The van der Waals surface area contributed by atoms with Crippen molar-refractivity contribution in [2.24, 2.45) is 0 Å². The van der Waals surface area contributed by atoms with Crippen LogP contribution in [0, 0.1) is 5.82 Å². The summed E-state index contributed by atoms with van der Waals surface area (Å²) in [6, 6.07) is 23.1. The molecule has 0 bridgehead atoms. The molecule has 1 atom stereocenters. The molecule has 0 aliphatic carbocycles. The molecule has 0 saturated carbocycles. The molecule has 3 nitrogen and oxygen atoms in total. The lowest BCUT2D eigenvalue weighted by Gasteiger charge is -2.24. The number of anilines is 1.